The van der Waals surface area contributed by atoms with Crippen molar-refractivity contribution in [3.8, 4) is 11.5 Å². The fourth-order valence-corrected chi connectivity index (χ4v) is 5.83. The summed E-state index contributed by atoms with van der Waals surface area (Å²) in [6, 6.07) is 20.9. The van der Waals surface area contributed by atoms with Gasteiger partial charge in [0.25, 0.3) is 10.0 Å². The monoisotopic (exact) mass is 595 g/mol. The van der Waals surface area contributed by atoms with E-state index in [0.29, 0.717) is 36.8 Å². The molecule has 0 aliphatic carbocycles. The van der Waals surface area contributed by atoms with E-state index < -0.39 is 28.5 Å². The molecule has 0 aliphatic heterocycles. The van der Waals surface area contributed by atoms with E-state index >= 15 is 0 Å². The van der Waals surface area contributed by atoms with Crippen molar-refractivity contribution in [1.82, 2.24) is 10.2 Å². The predicted molar refractivity (Wildman–Crippen MR) is 164 cm³/mol. The second-order valence-corrected chi connectivity index (χ2v) is 12.0. The molecule has 3 aromatic rings. The van der Waals surface area contributed by atoms with Crippen LogP contribution in [0.25, 0.3) is 0 Å². The first-order valence-corrected chi connectivity index (χ1v) is 15.5. The molecule has 0 saturated heterocycles. The van der Waals surface area contributed by atoms with Gasteiger partial charge >= 0.3 is 0 Å². The summed E-state index contributed by atoms with van der Waals surface area (Å²) in [6.45, 7) is 8.20. The molecule has 1 unspecified atom stereocenters. The molecule has 1 atom stereocenters. The Morgan fingerprint density at radius 3 is 2.05 bits per heavy atom. The molecule has 0 radical (unpaired) electrons. The average molecular weight is 596 g/mol. The normalized spacial score (nSPS) is 12.0. The van der Waals surface area contributed by atoms with Crippen LogP contribution in [-0.4, -0.2) is 58.0 Å². The van der Waals surface area contributed by atoms with E-state index in [2.05, 4.69) is 5.32 Å². The van der Waals surface area contributed by atoms with E-state index in [0.717, 1.165) is 9.87 Å². The van der Waals surface area contributed by atoms with Crippen molar-refractivity contribution >= 4 is 27.5 Å². The van der Waals surface area contributed by atoms with E-state index in [1.807, 2.05) is 39.8 Å². The summed E-state index contributed by atoms with van der Waals surface area (Å²) >= 11 is 0. The summed E-state index contributed by atoms with van der Waals surface area (Å²) in [5.74, 6) is 0.674. The second kappa shape index (κ2) is 15.3. The highest BCUT2D eigenvalue weighted by atomic mass is 32.2. The Hall–Kier alpha value is -4.05. The molecule has 0 fully saturated rings. The van der Waals surface area contributed by atoms with Gasteiger partial charge in [0.1, 0.15) is 24.1 Å². The highest BCUT2D eigenvalue weighted by Gasteiger charge is 2.33. The zero-order valence-electron chi connectivity index (χ0n) is 24.9. The highest BCUT2D eigenvalue weighted by Crippen LogP contribution is 2.27. The molecule has 9 nitrogen and oxygen atoms in total. The number of amides is 2. The van der Waals surface area contributed by atoms with Gasteiger partial charge in [0.2, 0.25) is 11.8 Å². The Balaban J connectivity index is 2.03. The summed E-state index contributed by atoms with van der Waals surface area (Å²) in [6.07, 6.45) is 0.348. The van der Waals surface area contributed by atoms with Gasteiger partial charge in [-0.1, -0.05) is 51.1 Å². The topological polar surface area (TPSA) is 105 Å². The molecule has 1 N–H and O–H groups in total. The van der Waals surface area contributed by atoms with Crippen molar-refractivity contribution in [2.75, 3.05) is 31.1 Å². The molecule has 10 heteroatoms. The van der Waals surface area contributed by atoms with Gasteiger partial charge in [-0.25, -0.2) is 8.42 Å². The zero-order chi connectivity index (χ0) is 30.7. The maximum Gasteiger partial charge on any atom is 0.264 e. The van der Waals surface area contributed by atoms with Crippen molar-refractivity contribution in [3.63, 3.8) is 0 Å². The van der Waals surface area contributed by atoms with Crippen LogP contribution in [0.15, 0.2) is 83.8 Å². The molecule has 3 aromatic carbocycles. The first-order chi connectivity index (χ1) is 20.1. The number of nitrogens with zero attached hydrogens (tertiary/aromatic N) is 2. The molecule has 0 saturated carbocycles. The number of anilines is 1. The first kappa shape index (κ1) is 32.5. The molecular formula is C32H41N3O6S. The maximum atomic E-state index is 14.1. The summed E-state index contributed by atoms with van der Waals surface area (Å²) in [5, 5.41) is 2.93. The van der Waals surface area contributed by atoms with Gasteiger partial charge in [-0.15, -0.1) is 0 Å². The molecule has 0 aromatic heterocycles. The van der Waals surface area contributed by atoms with Crippen LogP contribution in [0.1, 0.15) is 39.7 Å². The number of methoxy groups -OCH3 is 1. The fraction of sp³-hybridized carbons (Fsp3) is 0.375. The van der Waals surface area contributed by atoms with Crippen molar-refractivity contribution in [2.45, 2.75) is 51.6 Å². The van der Waals surface area contributed by atoms with Gasteiger partial charge in [-0.2, -0.15) is 0 Å². The molecule has 3 rings (SSSR count). The summed E-state index contributed by atoms with van der Waals surface area (Å²) in [5.41, 5.74) is 1.08. The number of hydrogen-bond donors (Lipinski definition) is 1. The number of benzene rings is 3. The minimum absolute atomic E-state index is 0.0510. The molecule has 0 heterocycles. The average Bonchev–Trinajstić information content (AvgIpc) is 3.00. The summed E-state index contributed by atoms with van der Waals surface area (Å²) in [4.78, 5) is 29.0. The van der Waals surface area contributed by atoms with Crippen molar-refractivity contribution in [3.05, 3.63) is 84.4 Å². The van der Waals surface area contributed by atoms with E-state index in [1.54, 1.807) is 61.7 Å². The SMILES string of the molecule is CCOc1ccc(N(CC(=O)N(Cc2ccc(OC)cc2)C(CC)C(=O)NCC(C)C)S(=O)(=O)c2ccccc2)cc1. The van der Waals surface area contributed by atoms with Gasteiger partial charge in [0.05, 0.1) is 24.3 Å². The summed E-state index contributed by atoms with van der Waals surface area (Å²) in [7, 11) is -2.57. The van der Waals surface area contributed by atoms with E-state index in [1.165, 1.54) is 17.0 Å². The quantitative estimate of drug-likeness (QED) is 0.269. The molecular weight excluding hydrogens is 554 g/mol. The van der Waals surface area contributed by atoms with Crippen molar-refractivity contribution < 1.29 is 27.5 Å². The molecule has 0 spiro atoms. The highest BCUT2D eigenvalue weighted by molar-refractivity contribution is 7.92. The van der Waals surface area contributed by atoms with Crippen LogP contribution in [0.5, 0.6) is 11.5 Å². The Morgan fingerprint density at radius 1 is 0.881 bits per heavy atom. The van der Waals surface area contributed by atoms with E-state index in [-0.39, 0.29) is 23.3 Å². The Kier molecular flexibility index (Phi) is 11.8. The van der Waals surface area contributed by atoms with Crippen molar-refractivity contribution in [1.29, 1.82) is 0 Å². The Bertz CT molecular complexity index is 1390. The molecule has 0 aliphatic rings. The van der Waals surface area contributed by atoms with Gasteiger partial charge < -0.3 is 19.7 Å². The maximum absolute atomic E-state index is 14.1. The van der Waals surface area contributed by atoms with Gasteiger partial charge in [-0.3, -0.25) is 13.9 Å². The standard InChI is InChI=1S/C32H41N3O6S/c1-6-30(32(37)33-21-24(3)4)34(22-25-13-17-27(40-5)18-14-25)31(36)23-35(26-15-19-28(20-16-26)41-7-2)42(38,39)29-11-9-8-10-12-29/h8-20,24,30H,6-7,21-23H2,1-5H3,(H,33,37). The minimum Gasteiger partial charge on any atom is -0.497 e. The van der Waals surface area contributed by atoms with Gasteiger partial charge in [0, 0.05) is 13.1 Å². The lowest BCUT2D eigenvalue weighted by atomic mass is 10.1. The number of rotatable bonds is 15. The Labute approximate surface area is 249 Å². The summed E-state index contributed by atoms with van der Waals surface area (Å²) < 4.78 is 39.7. The lowest BCUT2D eigenvalue weighted by molar-refractivity contribution is -0.140. The fourth-order valence-electron chi connectivity index (χ4n) is 4.39. The first-order valence-electron chi connectivity index (χ1n) is 14.1. The van der Waals surface area contributed by atoms with Crippen LogP contribution in [0, 0.1) is 5.92 Å². The van der Waals surface area contributed by atoms with Crippen LogP contribution in [0.3, 0.4) is 0 Å². The van der Waals surface area contributed by atoms with E-state index in [9.17, 15) is 18.0 Å². The van der Waals surface area contributed by atoms with Crippen LogP contribution >= 0.6 is 0 Å². The number of carbonyl (C=O) groups excluding carboxylic acids is 2. The molecule has 42 heavy (non-hydrogen) atoms. The lowest BCUT2D eigenvalue weighted by Gasteiger charge is -2.33. The smallest absolute Gasteiger partial charge is 0.264 e. The van der Waals surface area contributed by atoms with Crippen LogP contribution in [-0.2, 0) is 26.2 Å². The number of ether oxygens (including phenoxy) is 2. The van der Waals surface area contributed by atoms with Crippen LogP contribution in [0.2, 0.25) is 0 Å². The predicted octanol–water partition coefficient (Wildman–Crippen LogP) is 4.87. The van der Waals surface area contributed by atoms with Gasteiger partial charge in [0.15, 0.2) is 0 Å². The van der Waals surface area contributed by atoms with Crippen LogP contribution < -0.4 is 19.1 Å². The number of sulfonamides is 1. The van der Waals surface area contributed by atoms with Crippen LogP contribution in [0.4, 0.5) is 5.69 Å². The molecule has 2 amide bonds. The minimum atomic E-state index is -4.14. The third-order valence-corrected chi connectivity index (χ3v) is 8.42. The number of carbonyl (C=O) groups is 2. The largest absolute Gasteiger partial charge is 0.497 e. The molecule has 226 valence electrons. The van der Waals surface area contributed by atoms with Crippen molar-refractivity contribution in [2.24, 2.45) is 5.92 Å². The number of hydrogen-bond acceptors (Lipinski definition) is 6. The Morgan fingerprint density at radius 2 is 1.50 bits per heavy atom. The zero-order valence-corrected chi connectivity index (χ0v) is 25.8. The second-order valence-electron chi connectivity index (χ2n) is 10.2. The third-order valence-electron chi connectivity index (χ3n) is 6.63. The molecule has 0 bridgehead atoms. The van der Waals surface area contributed by atoms with Gasteiger partial charge in [-0.05, 0) is 73.4 Å². The third kappa shape index (κ3) is 8.48. The lowest BCUT2D eigenvalue weighted by Crippen LogP contribution is -2.52. The number of nitrogens with one attached hydrogen (secondary N) is 1. The van der Waals surface area contributed by atoms with E-state index in [4.69, 9.17) is 9.47 Å².